The number of thiazole rings is 1. The van der Waals surface area contributed by atoms with Crippen molar-refractivity contribution in [2.75, 3.05) is 20.5 Å². The van der Waals surface area contributed by atoms with Crippen molar-refractivity contribution in [3.8, 4) is 10.8 Å². The van der Waals surface area contributed by atoms with Crippen LogP contribution in [0.4, 0.5) is 0 Å². The number of rotatable bonds is 11. The van der Waals surface area contributed by atoms with Crippen LogP contribution in [0.3, 0.4) is 0 Å². The molecule has 1 fully saturated rings. The Morgan fingerprint density at radius 3 is 2.12 bits per heavy atom. The molecule has 0 saturated heterocycles. The van der Waals surface area contributed by atoms with Gasteiger partial charge in [-0.3, -0.25) is 4.79 Å². The molecule has 0 unspecified atom stereocenters. The molecule has 0 amide bonds. The van der Waals surface area contributed by atoms with E-state index in [0.717, 1.165) is 37.5 Å². The van der Waals surface area contributed by atoms with Gasteiger partial charge in [-0.1, -0.05) is 49.2 Å². The van der Waals surface area contributed by atoms with Crippen LogP contribution < -0.4 is 4.74 Å². The maximum Gasteiger partial charge on any atom is 0.338 e. The van der Waals surface area contributed by atoms with E-state index in [1.54, 1.807) is 24.3 Å². The van der Waals surface area contributed by atoms with E-state index in [9.17, 15) is 22.8 Å². The number of carbonyl (C=O) groups excluding carboxylic acids is 3. The molecule has 9 nitrogen and oxygen atoms in total. The first kappa shape index (κ1) is 29.4. The van der Waals surface area contributed by atoms with Gasteiger partial charge in [-0.2, -0.15) is 0 Å². The summed E-state index contributed by atoms with van der Waals surface area (Å²) in [4.78, 5) is 42.3. The van der Waals surface area contributed by atoms with Crippen molar-refractivity contribution in [3.05, 3.63) is 70.4 Å². The number of carbonyl (C=O) groups is 3. The number of ketones is 1. The van der Waals surface area contributed by atoms with Crippen LogP contribution in [-0.2, 0) is 30.5 Å². The molecule has 0 spiro atoms. The average molecular weight is 586 g/mol. The number of methoxy groups -OCH3 is 2. The van der Waals surface area contributed by atoms with Crippen LogP contribution in [0.15, 0.2) is 53.6 Å². The molecule has 212 valence electrons. The molecule has 40 heavy (non-hydrogen) atoms. The third-order valence-electron chi connectivity index (χ3n) is 6.97. The van der Waals surface area contributed by atoms with Gasteiger partial charge < -0.3 is 14.2 Å². The molecule has 2 aromatic carbocycles. The predicted octanol–water partition coefficient (Wildman–Crippen LogP) is 5.39. The van der Waals surface area contributed by atoms with Gasteiger partial charge in [0.15, 0.2) is 9.84 Å². The molecular weight excluding hydrogens is 554 g/mol. The molecule has 1 aromatic heterocycles. The summed E-state index contributed by atoms with van der Waals surface area (Å²) in [5, 5.41) is 0.937. The third kappa shape index (κ3) is 7.33. The first-order valence-electron chi connectivity index (χ1n) is 12.8. The zero-order valence-corrected chi connectivity index (χ0v) is 24.2. The molecule has 1 aliphatic rings. The van der Waals surface area contributed by atoms with Crippen molar-refractivity contribution in [1.82, 2.24) is 4.98 Å². The predicted molar refractivity (Wildman–Crippen MR) is 149 cm³/mol. The molecule has 3 aromatic rings. The summed E-state index contributed by atoms with van der Waals surface area (Å²) in [6.45, 7) is 0. The second kappa shape index (κ2) is 12.7. The summed E-state index contributed by atoms with van der Waals surface area (Å²) in [5.41, 5.74) is 1.04. The highest BCUT2D eigenvalue weighted by Gasteiger charge is 2.28. The van der Waals surface area contributed by atoms with E-state index in [-0.39, 0.29) is 39.9 Å². The monoisotopic (exact) mass is 585 g/mol. The molecule has 0 aliphatic heterocycles. The third-order valence-corrected chi connectivity index (χ3v) is 8.97. The molecule has 1 saturated carbocycles. The van der Waals surface area contributed by atoms with E-state index >= 15 is 0 Å². The van der Waals surface area contributed by atoms with Crippen molar-refractivity contribution >= 4 is 38.9 Å². The minimum absolute atomic E-state index is 0.000529. The van der Waals surface area contributed by atoms with Gasteiger partial charge in [0.1, 0.15) is 16.5 Å². The Morgan fingerprint density at radius 2 is 1.57 bits per heavy atom. The van der Waals surface area contributed by atoms with Crippen LogP contribution in [-0.4, -0.2) is 51.6 Å². The Kier molecular flexibility index (Phi) is 9.36. The van der Waals surface area contributed by atoms with Crippen LogP contribution in [0.25, 0.3) is 0 Å². The van der Waals surface area contributed by atoms with E-state index in [2.05, 4.69) is 4.98 Å². The number of aromatic nitrogens is 1. The number of sulfone groups is 1. The van der Waals surface area contributed by atoms with Crippen LogP contribution >= 0.6 is 11.3 Å². The molecule has 1 aliphatic carbocycles. The molecule has 0 radical (unpaired) electrons. The zero-order chi connectivity index (χ0) is 28.9. The standard InChI is InChI=1S/C29H31NO8S2/c1-36-28(32)20-13-21(29(33)37-2)15-22(14-20)38-27-17-30-26(39-27)16-25(31)24(12-18-6-4-5-7-18)19-8-10-23(11-9-19)40(3,34)35/h8-11,13-15,17-18,24H,4-7,12,16H2,1-3H3/t24-/m1/s1. The van der Waals surface area contributed by atoms with E-state index in [1.807, 2.05) is 0 Å². The number of esters is 2. The van der Waals surface area contributed by atoms with Crippen molar-refractivity contribution in [2.24, 2.45) is 5.92 Å². The van der Waals surface area contributed by atoms with Crippen LogP contribution in [0, 0.1) is 5.92 Å². The topological polar surface area (TPSA) is 126 Å². The Hall–Kier alpha value is -3.57. The second-order valence-corrected chi connectivity index (χ2v) is 12.9. The van der Waals surface area contributed by atoms with Gasteiger partial charge in [-0.15, -0.1) is 0 Å². The normalized spacial score (nSPS) is 14.5. The number of hydrogen-bond acceptors (Lipinski definition) is 10. The number of hydrogen-bond donors (Lipinski definition) is 0. The zero-order valence-electron chi connectivity index (χ0n) is 22.5. The number of nitrogens with zero attached hydrogens (tertiary/aromatic N) is 1. The molecule has 0 N–H and O–H groups in total. The lowest BCUT2D eigenvalue weighted by molar-refractivity contribution is -0.120. The molecular formula is C29H31NO8S2. The van der Waals surface area contributed by atoms with Crippen molar-refractivity contribution in [3.63, 3.8) is 0 Å². The molecule has 1 atom stereocenters. The lowest BCUT2D eigenvalue weighted by Gasteiger charge is -2.20. The molecule has 11 heteroatoms. The van der Waals surface area contributed by atoms with Gasteiger partial charge in [0.25, 0.3) is 0 Å². The maximum atomic E-state index is 13.6. The van der Waals surface area contributed by atoms with Gasteiger partial charge in [0, 0.05) is 12.2 Å². The van der Waals surface area contributed by atoms with E-state index in [4.69, 9.17) is 14.2 Å². The first-order chi connectivity index (χ1) is 19.1. The summed E-state index contributed by atoms with van der Waals surface area (Å²) in [5.74, 6) is -0.974. The fourth-order valence-electron chi connectivity index (χ4n) is 4.92. The fourth-order valence-corrected chi connectivity index (χ4v) is 6.35. The number of benzene rings is 2. The number of ether oxygens (including phenoxy) is 3. The first-order valence-corrected chi connectivity index (χ1v) is 15.5. The summed E-state index contributed by atoms with van der Waals surface area (Å²) in [7, 11) is -0.864. The Balaban J connectivity index is 1.52. The summed E-state index contributed by atoms with van der Waals surface area (Å²) >= 11 is 1.19. The van der Waals surface area contributed by atoms with Crippen molar-refractivity contribution in [2.45, 2.75) is 49.3 Å². The lowest BCUT2D eigenvalue weighted by atomic mass is 9.84. The molecule has 1 heterocycles. The highest BCUT2D eigenvalue weighted by Crippen LogP contribution is 2.36. The minimum Gasteiger partial charge on any atom is -0.465 e. The van der Waals surface area contributed by atoms with E-state index in [1.165, 1.54) is 50.0 Å². The van der Waals surface area contributed by atoms with Crippen molar-refractivity contribution in [1.29, 1.82) is 0 Å². The fraction of sp³-hybridized carbons (Fsp3) is 0.379. The summed E-state index contributed by atoms with van der Waals surface area (Å²) in [6.07, 6.45) is 7.92. The lowest BCUT2D eigenvalue weighted by Crippen LogP contribution is -2.18. The highest BCUT2D eigenvalue weighted by molar-refractivity contribution is 7.90. The van der Waals surface area contributed by atoms with Crippen LogP contribution in [0.1, 0.15) is 69.3 Å². The Morgan fingerprint density at radius 1 is 0.975 bits per heavy atom. The van der Waals surface area contributed by atoms with Gasteiger partial charge in [0.2, 0.25) is 5.06 Å². The summed E-state index contributed by atoms with van der Waals surface area (Å²) in [6, 6.07) is 10.8. The maximum absolute atomic E-state index is 13.6. The van der Waals surface area contributed by atoms with Crippen LogP contribution in [0.2, 0.25) is 0 Å². The smallest absolute Gasteiger partial charge is 0.338 e. The van der Waals surface area contributed by atoms with Crippen LogP contribution in [0.5, 0.6) is 10.8 Å². The highest BCUT2D eigenvalue weighted by atomic mass is 32.2. The van der Waals surface area contributed by atoms with E-state index < -0.39 is 21.8 Å². The number of Topliss-reactive ketones (excluding diaryl/α,β-unsaturated/α-hetero) is 1. The van der Waals surface area contributed by atoms with Crippen molar-refractivity contribution < 1.29 is 37.0 Å². The van der Waals surface area contributed by atoms with E-state index in [0.29, 0.717) is 22.4 Å². The molecule has 0 bridgehead atoms. The Bertz CT molecular complexity index is 1450. The van der Waals surface area contributed by atoms with Gasteiger partial charge in [0.05, 0.1) is 42.9 Å². The average Bonchev–Trinajstić information content (AvgIpc) is 3.62. The van der Waals surface area contributed by atoms with Gasteiger partial charge in [-0.05, 0) is 48.2 Å². The Labute approximate surface area is 237 Å². The van der Waals surface area contributed by atoms with Gasteiger partial charge in [-0.25, -0.2) is 23.0 Å². The second-order valence-electron chi connectivity index (χ2n) is 9.83. The summed E-state index contributed by atoms with van der Waals surface area (Å²) < 4.78 is 39.2. The minimum atomic E-state index is -3.34. The molecule has 4 rings (SSSR count). The largest absolute Gasteiger partial charge is 0.465 e. The SMILES string of the molecule is COC(=O)c1cc(Oc2cnc(CC(=O)[C@H](CC3CCCC3)c3ccc(S(C)(=O)=O)cc3)s2)cc(C(=O)OC)c1. The van der Waals surface area contributed by atoms with Gasteiger partial charge >= 0.3 is 11.9 Å². The quantitative estimate of drug-likeness (QED) is 0.272.